The number of carbonyl (C=O) groups excluding carboxylic acids is 2. The molecule has 3 rings (SSSR count). The van der Waals surface area contributed by atoms with Gasteiger partial charge in [-0.3, -0.25) is 14.6 Å². The number of hydrogen-bond acceptors (Lipinski definition) is 3. The molecular weight excluding hydrogens is 326 g/mol. The van der Waals surface area contributed by atoms with E-state index in [0.717, 1.165) is 36.3 Å². The van der Waals surface area contributed by atoms with Crippen LogP contribution in [0.25, 0.3) is 6.08 Å². The fourth-order valence-corrected chi connectivity index (χ4v) is 3.16. The molecule has 1 aliphatic rings. The van der Waals surface area contributed by atoms with Crippen molar-refractivity contribution in [2.45, 2.75) is 32.4 Å². The smallest absolute Gasteiger partial charge is 0.247 e. The summed E-state index contributed by atoms with van der Waals surface area (Å²) in [5.41, 5.74) is 2.69. The van der Waals surface area contributed by atoms with E-state index in [9.17, 15) is 9.59 Å². The Morgan fingerprint density at radius 3 is 2.77 bits per heavy atom. The van der Waals surface area contributed by atoms with E-state index in [1.165, 1.54) is 6.92 Å². The lowest BCUT2D eigenvalue weighted by Crippen LogP contribution is -2.29. The largest absolute Gasteiger partial charge is 0.351 e. The van der Waals surface area contributed by atoms with E-state index in [-0.39, 0.29) is 17.9 Å². The van der Waals surface area contributed by atoms with Gasteiger partial charge in [0.1, 0.15) is 0 Å². The number of aromatic nitrogens is 1. The van der Waals surface area contributed by atoms with Gasteiger partial charge in [-0.2, -0.15) is 0 Å². The average molecular weight is 349 g/mol. The van der Waals surface area contributed by atoms with Crippen molar-refractivity contribution in [3.05, 3.63) is 71.6 Å². The molecule has 2 heterocycles. The number of likely N-dealkylation sites (tertiary alicyclic amines) is 1. The second-order valence-corrected chi connectivity index (χ2v) is 6.40. The molecule has 1 aromatic carbocycles. The van der Waals surface area contributed by atoms with Crippen LogP contribution in [0, 0.1) is 0 Å². The van der Waals surface area contributed by atoms with Gasteiger partial charge in [0.15, 0.2) is 0 Å². The highest BCUT2D eigenvalue weighted by atomic mass is 16.2. The van der Waals surface area contributed by atoms with Gasteiger partial charge in [-0.1, -0.05) is 36.4 Å². The van der Waals surface area contributed by atoms with Gasteiger partial charge in [0.25, 0.3) is 0 Å². The summed E-state index contributed by atoms with van der Waals surface area (Å²) in [5, 5.41) is 2.76. The molecule has 5 nitrogen and oxygen atoms in total. The molecule has 1 fully saturated rings. The lowest BCUT2D eigenvalue weighted by molar-refractivity contribution is -0.127. The molecular formula is C21H23N3O2. The minimum atomic E-state index is -0.0825. The van der Waals surface area contributed by atoms with Gasteiger partial charge >= 0.3 is 0 Å². The molecule has 0 radical (unpaired) electrons. The highest BCUT2D eigenvalue weighted by molar-refractivity contribution is 5.92. The number of amides is 2. The Hall–Kier alpha value is -2.95. The maximum atomic E-state index is 12.7. The van der Waals surface area contributed by atoms with Crippen molar-refractivity contribution < 1.29 is 9.59 Å². The second kappa shape index (κ2) is 8.43. The molecule has 134 valence electrons. The van der Waals surface area contributed by atoms with Crippen molar-refractivity contribution in [3.63, 3.8) is 0 Å². The van der Waals surface area contributed by atoms with Crippen molar-refractivity contribution in [1.82, 2.24) is 15.2 Å². The number of pyridine rings is 1. The van der Waals surface area contributed by atoms with Gasteiger partial charge in [-0.15, -0.1) is 0 Å². The third-order valence-corrected chi connectivity index (χ3v) is 4.44. The van der Waals surface area contributed by atoms with Crippen molar-refractivity contribution in [3.8, 4) is 0 Å². The summed E-state index contributed by atoms with van der Waals surface area (Å²) < 4.78 is 0. The van der Waals surface area contributed by atoms with Crippen LogP contribution in [0.5, 0.6) is 0 Å². The Morgan fingerprint density at radius 1 is 1.19 bits per heavy atom. The van der Waals surface area contributed by atoms with Crippen LogP contribution in [0.4, 0.5) is 0 Å². The molecule has 1 atom stereocenters. The summed E-state index contributed by atoms with van der Waals surface area (Å²) in [6, 6.07) is 15.6. The molecule has 26 heavy (non-hydrogen) atoms. The summed E-state index contributed by atoms with van der Waals surface area (Å²) in [7, 11) is 0. The van der Waals surface area contributed by atoms with E-state index >= 15 is 0 Å². The molecule has 0 bridgehead atoms. The Kier molecular flexibility index (Phi) is 5.79. The predicted octanol–water partition coefficient (Wildman–Crippen LogP) is 3.09. The van der Waals surface area contributed by atoms with E-state index in [0.29, 0.717) is 6.54 Å². The molecule has 0 saturated carbocycles. The van der Waals surface area contributed by atoms with Crippen molar-refractivity contribution in [1.29, 1.82) is 0 Å². The summed E-state index contributed by atoms with van der Waals surface area (Å²) in [4.78, 5) is 30.3. The first-order valence-electron chi connectivity index (χ1n) is 8.87. The average Bonchev–Trinajstić information content (AvgIpc) is 3.15. The van der Waals surface area contributed by atoms with E-state index < -0.39 is 0 Å². The molecule has 2 aromatic rings. The van der Waals surface area contributed by atoms with Gasteiger partial charge in [0.05, 0.1) is 24.0 Å². The third kappa shape index (κ3) is 4.57. The third-order valence-electron chi connectivity index (χ3n) is 4.44. The molecule has 5 heteroatoms. The quantitative estimate of drug-likeness (QED) is 0.844. The summed E-state index contributed by atoms with van der Waals surface area (Å²) in [6.45, 7) is 2.62. The molecule has 0 aliphatic carbocycles. The van der Waals surface area contributed by atoms with Crippen molar-refractivity contribution >= 4 is 17.9 Å². The highest BCUT2D eigenvalue weighted by Gasteiger charge is 2.29. The van der Waals surface area contributed by atoms with Crippen LogP contribution in [-0.4, -0.2) is 28.2 Å². The van der Waals surface area contributed by atoms with Gasteiger partial charge < -0.3 is 10.2 Å². The fraction of sp³-hybridized carbons (Fsp3) is 0.286. The Morgan fingerprint density at radius 2 is 2.00 bits per heavy atom. The van der Waals surface area contributed by atoms with E-state index in [4.69, 9.17) is 0 Å². The molecule has 1 saturated heterocycles. The number of benzene rings is 1. The topological polar surface area (TPSA) is 62.3 Å². The lowest BCUT2D eigenvalue weighted by atomic mass is 10.1. The van der Waals surface area contributed by atoms with Crippen LogP contribution in [0.2, 0.25) is 0 Å². The van der Waals surface area contributed by atoms with Crippen LogP contribution < -0.4 is 5.32 Å². The second-order valence-electron chi connectivity index (χ2n) is 6.40. The molecule has 1 aliphatic heterocycles. The normalized spacial score (nSPS) is 16.8. The number of hydrogen-bond donors (Lipinski definition) is 1. The molecule has 2 amide bonds. The van der Waals surface area contributed by atoms with Gasteiger partial charge in [-0.05, 0) is 36.6 Å². The standard InChI is InChI=1S/C21H23N3O2/c1-16(25)22-15-18-9-5-10-19(23-18)20-11-6-14-24(20)21(26)13-12-17-7-3-2-4-8-17/h2-5,7-10,12-13,20H,6,11,14-15H2,1H3,(H,22,25)/b13-12+/t20-/m1/s1. The number of nitrogens with zero attached hydrogens (tertiary/aromatic N) is 2. The summed E-state index contributed by atoms with van der Waals surface area (Å²) in [6.07, 6.45) is 5.35. The van der Waals surface area contributed by atoms with Gasteiger partial charge in [0, 0.05) is 19.5 Å². The van der Waals surface area contributed by atoms with E-state index in [1.807, 2.05) is 59.5 Å². The first-order chi connectivity index (χ1) is 12.6. The van der Waals surface area contributed by atoms with Crippen molar-refractivity contribution in [2.24, 2.45) is 0 Å². The number of rotatable bonds is 5. The van der Waals surface area contributed by atoms with Crippen LogP contribution >= 0.6 is 0 Å². The molecule has 1 N–H and O–H groups in total. The lowest BCUT2D eigenvalue weighted by Gasteiger charge is -2.23. The zero-order valence-corrected chi connectivity index (χ0v) is 14.9. The maximum Gasteiger partial charge on any atom is 0.247 e. The Bertz CT molecular complexity index is 802. The predicted molar refractivity (Wildman–Crippen MR) is 101 cm³/mol. The van der Waals surface area contributed by atoms with Gasteiger partial charge in [0.2, 0.25) is 11.8 Å². The Balaban J connectivity index is 1.71. The minimum absolute atomic E-state index is 0.00502. The fourth-order valence-electron chi connectivity index (χ4n) is 3.16. The molecule has 1 aromatic heterocycles. The highest BCUT2D eigenvalue weighted by Crippen LogP contribution is 2.31. The van der Waals surface area contributed by atoms with E-state index in [2.05, 4.69) is 10.3 Å². The van der Waals surface area contributed by atoms with Crippen molar-refractivity contribution in [2.75, 3.05) is 6.54 Å². The summed E-state index contributed by atoms with van der Waals surface area (Å²) >= 11 is 0. The van der Waals surface area contributed by atoms with Gasteiger partial charge in [-0.25, -0.2) is 0 Å². The monoisotopic (exact) mass is 349 g/mol. The van der Waals surface area contributed by atoms with Crippen LogP contribution in [-0.2, 0) is 16.1 Å². The molecule has 0 spiro atoms. The zero-order valence-electron chi connectivity index (χ0n) is 14.9. The SMILES string of the molecule is CC(=O)NCc1cccc([C@H]2CCCN2C(=O)/C=C/c2ccccc2)n1. The summed E-state index contributed by atoms with van der Waals surface area (Å²) in [5.74, 6) is -0.0775. The number of nitrogens with one attached hydrogen (secondary N) is 1. The first kappa shape index (κ1) is 17.9. The molecule has 0 unspecified atom stereocenters. The Labute approximate surface area is 153 Å². The first-order valence-corrected chi connectivity index (χ1v) is 8.87. The minimum Gasteiger partial charge on any atom is -0.351 e. The number of carbonyl (C=O) groups is 2. The van der Waals surface area contributed by atoms with Crippen LogP contribution in [0.3, 0.4) is 0 Å². The maximum absolute atomic E-state index is 12.7. The van der Waals surface area contributed by atoms with Crippen LogP contribution in [0.1, 0.15) is 42.8 Å². The van der Waals surface area contributed by atoms with E-state index in [1.54, 1.807) is 6.08 Å². The van der Waals surface area contributed by atoms with Crippen LogP contribution in [0.15, 0.2) is 54.6 Å². The zero-order chi connectivity index (χ0) is 18.4.